The number of rotatable bonds is 3. The first-order valence-electron chi connectivity index (χ1n) is 7.20. The molecule has 0 aromatic heterocycles. The molecule has 0 amide bonds. The van der Waals surface area contributed by atoms with E-state index in [2.05, 4.69) is 17.1 Å². The zero-order chi connectivity index (χ0) is 16.1. The van der Waals surface area contributed by atoms with Crippen LogP contribution in [-0.2, 0) is 0 Å². The first-order chi connectivity index (χ1) is 10.5. The van der Waals surface area contributed by atoms with Crippen LogP contribution in [0.4, 0.5) is 0 Å². The van der Waals surface area contributed by atoms with Crippen LogP contribution in [0.5, 0.6) is 0 Å². The van der Waals surface area contributed by atoms with Gasteiger partial charge in [-0.25, -0.2) is 4.99 Å². The van der Waals surface area contributed by atoms with Crippen molar-refractivity contribution in [3.8, 4) is 11.1 Å². The lowest BCUT2D eigenvalue weighted by molar-refractivity contribution is 0.424. The van der Waals surface area contributed by atoms with Crippen LogP contribution >= 0.6 is 11.6 Å². The third-order valence-electron chi connectivity index (χ3n) is 3.54. The first-order valence-corrected chi connectivity index (χ1v) is 7.58. The maximum atomic E-state index is 8.07. The van der Waals surface area contributed by atoms with Crippen LogP contribution in [0.25, 0.3) is 11.1 Å². The van der Waals surface area contributed by atoms with Crippen molar-refractivity contribution >= 4 is 22.7 Å². The molecule has 0 saturated carbocycles. The molecule has 4 heteroatoms. The molecule has 2 aromatic rings. The van der Waals surface area contributed by atoms with E-state index >= 15 is 0 Å². The fraction of sp³-hybridized carbons (Fsp3) is 0.222. The summed E-state index contributed by atoms with van der Waals surface area (Å²) in [5.74, 6) is 0.164. The number of hydrogen-bond acceptors (Lipinski definition) is 1. The summed E-state index contributed by atoms with van der Waals surface area (Å²) in [7, 11) is 1.86. The second-order valence-corrected chi connectivity index (χ2v) is 5.72. The van der Waals surface area contributed by atoms with E-state index in [0.29, 0.717) is 5.29 Å². The molecule has 0 unspecified atom stereocenters. The van der Waals surface area contributed by atoms with Crippen molar-refractivity contribution in [3.63, 3.8) is 0 Å². The SMILES string of the molecule is CC(C)N(C)C(Cl)=NC(=N)c1ccc(-c2ccccc2)cc1. The van der Waals surface area contributed by atoms with Gasteiger partial charge in [0, 0.05) is 18.7 Å². The van der Waals surface area contributed by atoms with Gasteiger partial charge in [0.15, 0.2) is 5.84 Å². The summed E-state index contributed by atoms with van der Waals surface area (Å²) in [6, 6.07) is 18.2. The second kappa shape index (κ2) is 7.23. The Morgan fingerprint density at radius 2 is 1.55 bits per heavy atom. The minimum absolute atomic E-state index is 0.164. The van der Waals surface area contributed by atoms with E-state index in [1.807, 2.05) is 68.3 Å². The van der Waals surface area contributed by atoms with Gasteiger partial charge in [-0.15, -0.1) is 0 Å². The summed E-state index contributed by atoms with van der Waals surface area (Å²) >= 11 is 6.13. The molecule has 0 bridgehead atoms. The fourth-order valence-corrected chi connectivity index (χ4v) is 2.18. The smallest absolute Gasteiger partial charge is 0.200 e. The highest BCUT2D eigenvalue weighted by molar-refractivity contribution is 6.65. The largest absolute Gasteiger partial charge is 0.348 e. The summed E-state index contributed by atoms with van der Waals surface area (Å²) in [6.07, 6.45) is 0. The Balaban J connectivity index is 2.17. The Morgan fingerprint density at radius 1 is 1.00 bits per heavy atom. The molecule has 1 N–H and O–H groups in total. The number of benzene rings is 2. The van der Waals surface area contributed by atoms with E-state index in [4.69, 9.17) is 17.0 Å². The number of amidine groups is 2. The van der Waals surface area contributed by atoms with Crippen molar-refractivity contribution in [2.45, 2.75) is 19.9 Å². The molecule has 2 rings (SSSR count). The van der Waals surface area contributed by atoms with Crippen LogP contribution in [-0.4, -0.2) is 29.1 Å². The molecule has 0 radical (unpaired) electrons. The van der Waals surface area contributed by atoms with Crippen molar-refractivity contribution in [1.29, 1.82) is 5.41 Å². The zero-order valence-corrected chi connectivity index (χ0v) is 13.8. The molecule has 3 nitrogen and oxygen atoms in total. The Morgan fingerprint density at radius 3 is 2.09 bits per heavy atom. The monoisotopic (exact) mass is 313 g/mol. The Labute approximate surface area is 136 Å². The molecule has 0 fully saturated rings. The lowest BCUT2D eigenvalue weighted by Crippen LogP contribution is -2.30. The van der Waals surface area contributed by atoms with Crippen LogP contribution < -0.4 is 0 Å². The molecule has 0 spiro atoms. The van der Waals surface area contributed by atoms with Gasteiger partial charge in [0.25, 0.3) is 0 Å². The average molecular weight is 314 g/mol. The fourth-order valence-electron chi connectivity index (χ4n) is 1.90. The average Bonchev–Trinajstić information content (AvgIpc) is 2.54. The molecule has 0 aliphatic rings. The lowest BCUT2D eigenvalue weighted by Gasteiger charge is -2.21. The van der Waals surface area contributed by atoms with Crippen molar-refractivity contribution in [3.05, 3.63) is 60.2 Å². The van der Waals surface area contributed by atoms with Crippen LogP contribution in [0.3, 0.4) is 0 Å². The van der Waals surface area contributed by atoms with Gasteiger partial charge in [-0.3, -0.25) is 5.41 Å². The van der Waals surface area contributed by atoms with Gasteiger partial charge in [0.1, 0.15) is 0 Å². The molecule has 0 saturated heterocycles. The topological polar surface area (TPSA) is 39.5 Å². The molecule has 2 aromatic carbocycles. The number of aliphatic imine (C=N–C) groups is 1. The predicted molar refractivity (Wildman–Crippen MR) is 94.9 cm³/mol. The van der Waals surface area contributed by atoms with Crippen molar-refractivity contribution < 1.29 is 0 Å². The molecule has 0 atom stereocenters. The minimum atomic E-state index is 0.164. The predicted octanol–water partition coefficient (Wildman–Crippen LogP) is 4.61. The normalized spacial score (nSPS) is 11.6. The lowest BCUT2D eigenvalue weighted by atomic mass is 10.0. The molecule has 0 heterocycles. The van der Waals surface area contributed by atoms with E-state index in [-0.39, 0.29) is 11.9 Å². The highest BCUT2D eigenvalue weighted by Crippen LogP contribution is 2.19. The zero-order valence-electron chi connectivity index (χ0n) is 13.0. The minimum Gasteiger partial charge on any atom is -0.348 e. The standard InChI is InChI=1S/C18H20ClN3/c1-13(2)22(3)18(19)21-17(20)16-11-9-15(10-12-16)14-7-5-4-6-8-14/h4-13,20H,1-3H3. The second-order valence-electron chi connectivity index (χ2n) is 5.38. The molecular weight excluding hydrogens is 294 g/mol. The quantitative estimate of drug-likeness (QED) is 0.501. The van der Waals surface area contributed by atoms with Crippen LogP contribution in [0.2, 0.25) is 0 Å². The van der Waals surface area contributed by atoms with Gasteiger partial charge in [0.2, 0.25) is 5.29 Å². The summed E-state index contributed by atoms with van der Waals surface area (Å²) in [5.41, 5.74) is 3.02. The highest BCUT2D eigenvalue weighted by atomic mass is 35.5. The van der Waals surface area contributed by atoms with Gasteiger partial charge < -0.3 is 4.90 Å². The van der Waals surface area contributed by atoms with Crippen molar-refractivity contribution in [1.82, 2.24) is 4.90 Å². The van der Waals surface area contributed by atoms with Crippen LogP contribution in [0, 0.1) is 5.41 Å². The van der Waals surface area contributed by atoms with E-state index in [1.165, 1.54) is 0 Å². The first kappa shape index (κ1) is 16.2. The van der Waals surface area contributed by atoms with E-state index in [0.717, 1.165) is 16.7 Å². The van der Waals surface area contributed by atoms with Crippen molar-refractivity contribution in [2.24, 2.45) is 4.99 Å². The maximum Gasteiger partial charge on any atom is 0.200 e. The number of halogens is 1. The summed E-state index contributed by atoms with van der Waals surface area (Å²) in [6.45, 7) is 4.05. The molecular formula is C18H20ClN3. The molecule has 0 aliphatic heterocycles. The van der Waals surface area contributed by atoms with Gasteiger partial charge in [-0.1, -0.05) is 54.6 Å². The Hall–Kier alpha value is -2.13. The number of nitrogens with one attached hydrogen (secondary N) is 1. The van der Waals surface area contributed by atoms with Gasteiger partial charge in [-0.2, -0.15) is 0 Å². The Bertz CT molecular complexity index is 660. The third kappa shape index (κ3) is 3.95. The molecule has 22 heavy (non-hydrogen) atoms. The Kier molecular flexibility index (Phi) is 5.34. The molecule has 0 aliphatic carbocycles. The van der Waals surface area contributed by atoms with Crippen molar-refractivity contribution in [2.75, 3.05) is 7.05 Å². The van der Waals surface area contributed by atoms with Gasteiger partial charge >= 0.3 is 0 Å². The number of nitrogens with zero attached hydrogens (tertiary/aromatic N) is 2. The van der Waals surface area contributed by atoms with E-state index in [1.54, 1.807) is 0 Å². The summed E-state index contributed by atoms with van der Waals surface area (Å²) < 4.78 is 0. The van der Waals surface area contributed by atoms with Gasteiger partial charge in [0.05, 0.1) is 0 Å². The van der Waals surface area contributed by atoms with E-state index < -0.39 is 0 Å². The van der Waals surface area contributed by atoms with Crippen LogP contribution in [0.1, 0.15) is 19.4 Å². The number of hydrogen-bond donors (Lipinski definition) is 1. The molecule has 114 valence electrons. The third-order valence-corrected chi connectivity index (χ3v) is 3.89. The summed E-state index contributed by atoms with van der Waals surface area (Å²) in [5, 5.41) is 8.40. The van der Waals surface area contributed by atoms with Gasteiger partial charge in [-0.05, 0) is 36.6 Å². The highest BCUT2D eigenvalue weighted by Gasteiger charge is 2.09. The summed E-state index contributed by atoms with van der Waals surface area (Å²) in [4.78, 5) is 5.99. The van der Waals surface area contributed by atoms with Crippen LogP contribution in [0.15, 0.2) is 59.6 Å². The maximum absolute atomic E-state index is 8.07. The van der Waals surface area contributed by atoms with E-state index in [9.17, 15) is 0 Å².